The Morgan fingerprint density at radius 1 is 1.47 bits per heavy atom. The second-order valence-corrected chi connectivity index (χ2v) is 5.09. The van der Waals surface area contributed by atoms with E-state index in [-0.39, 0.29) is 35.7 Å². The van der Waals surface area contributed by atoms with Crippen LogP contribution in [0.15, 0.2) is 0 Å². The van der Waals surface area contributed by atoms with Crippen LogP contribution in [0.3, 0.4) is 0 Å². The number of nitrogens with two attached hydrogens (primary N) is 1. The molecule has 4 nitrogen and oxygen atoms in total. The van der Waals surface area contributed by atoms with Gasteiger partial charge in [0, 0.05) is 12.6 Å². The molecule has 3 N–H and O–H groups in total. The smallest absolute Gasteiger partial charge is 0.227 e. The largest absolute Gasteiger partial charge is 0.379 e. The Kier molecular flexibility index (Phi) is 5.56. The van der Waals surface area contributed by atoms with E-state index < -0.39 is 0 Å². The molecule has 1 saturated heterocycles. The number of halogens is 1. The third kappa shape index (κ3) is 4.82. The summed E-state index contributed by atoms with van der Waals surface area (Å²) in [4.78, 5) is 11.6. The molecule has 0 aromatic carbocycles. The Hall–Kier alpha value is -0.320. The topological polar surface area (TPSA) is 64.3 Å². The van der Waals surface area contributed by atoms with Crippen LogP contribution in [-0.2, 0) is 9.53 Å². The molecule has 0 bridgehead atoms. The molecule has 0 aromatic heterocycles. The number of carbonyl (C=O) groups excluding carboxylic acids is 1. The second kappa shape index (κ2) is 5.68. The van der Waals surface area contributed by atoms with Crippen molar-refractivity contribution in [1.29, 1.82) is 0 Å². The summed E-state index contributed by atoms with van der Waals surface area (Å²) in [6.45, 7) is 7.87. The van der Waals surface area contributed by atoms with Crippen molar-refractivity contribution >= 4 is 18.3 Å². The fraction of sp³-hybridized carbons (Fsp3) is 0.900. The van der Waals surface area contributed by atoms with Gasteiger partial charge in [-0.2, -0.15) is 0 Å². The first-order valence-corrected chi connectivity index (χ1v) is 5.01. The molecule has 0 aromatic rings. The number of amides is 1. The quantitative estimate of drug-likeness (QED) is 0.736. The summed E-state index contributed by atoms with van der Waals surface area (Å²) >= 11 is 0. The first-order chi connectivity index (χ1) is 6.40. The molecule has 0 radical (unpaired) electrons. The lowest BCUT2D eigenvalue weighted by atomic mass is 9.96. The van der Waals surface area contributed by atoms with Gasteiger partial charge in [-0.25, -0.2) is 0 Å². The maximum atomic E-state index is 11.6. The Labute approximate surface area is 97.3 Å². The molecule has 1 fully saturated rings. The number of ether oxygens (including phenoxy) is 1. The van der Waals surface area contributed by atoms with E-state index in [1.807, 2.05) is 0 Å². The molecule has 1 heterocycles. The third-order valence-corrected chi connectivity index (χ3v) is 2.25. The van der Waals surface area contributed by atoms with Crippen molar-refractivity contribution < 1.29 is 9.53 Å². The van der Waals surface area contributed by atoms with E-state index in [2.05, 4.69) is 26.1 Å². The monoisotopic (exact) mass is 236 g/mol. The van der Waals surface area contributed by atoms with Crippen molar-refractivity contribution in [2.45, 2.75) is 26.8 Å². The van der Waals surface area contributed by atoms with Crippen molar-refractivity contribution in [1.82, 2.24) is 5.32 Å². The molecule has 1 amide bonds. The maximum absolute atomic E-state index is 11.6. The van der Waals surface area contributed by atoms with Gasteiger partial charge < -0.3 is 15.8 Å². The van der Waals surface area contributed by atoms with Crippen LogP contribution in [0.25, 0.3) is 0 Å². The Balaban J connectivity index is 0.00000196. The van der Waals surface area contributed by atoms with E-state index >= 15 is 0 Å². The highest BCUT2D eigenvalue weighted by atomic mass is 35.5. The predicted octanol–water partition coefficient (Wildman–Crippen LogP) is 0.544. The van der Waals surface area contributed by atoms with Crippen LogP contribution in [0.5, 0.6) is 0 Å². The van der Waals surface area contributed by atoms with Crippen molar-refractivity contribution in [3.05, 3.63) is 0 Å². The Bertz CT molecular complexity index is 216. The summed E-state index contributed by atoms with van der Waals surface area (Å²) in [7, 11) is 0. The van der Waals surface area contributed by atoms with E-state index in [0.717, 1.165) is 0 Å². The van der Waals surface area contributed by atoms with Crippen molar-refractivity contribution in [2.75, 3.05) is 19.8 Å². The van der Waals surface area contributed by atoms with Crippen LogP contribution >= 0.6 is 12.4 Å². The van der Waals surface area contributed by atoms with Crippen LogP contribution in [0.2, 0.25) is 0 Å². The zero-order valence-corrected chi connectivity index (χ0v) is 10.4. The molecule has 1 aliphatic rings. The van der Waals surface area contributed by atoms with Gasteiger partial charge in [-0.05, 0) is 5.41 Å². The van der Waals surface area contributed by atoms with Crippen molar-refractivity contribution in [3.8, 4) is 0 Å². The zero-order valence-electron chi connectivity index (χ0n) is 9.58. The lowest BCUT2D eigenvalue weighted by Crippen LogP contribution is -2.43. The number of rotatable bonds is 2. The van der Waals surface area contributed by atoms with Gasteiger partial charge in [-0.1, -0.05) is 20.8 Å². The average molecular weight is 237 g/mol. The molecular formula is C10H21ClN2O2. The molecule has 5 heteroatoms. The molecule has 15 heavy (non-hydrogen) atoms. The number of carbonyl (C=O) groups is 1. The van der Waals surface area contributed by atoms with E-state index in [1.165, 1.54) is 0 Å². The van der Waals surface area contributed by atoms with E-state index in [4.69, 9.17) is 10.5 Å². The maximum Gasteiger partial charge on any atom is 0.227 e. The molecule has 2 unspecified atom stereocenters. The van der Waals surface area contributed by atoms with Crippen LogP contribution in [-0.4, -0.2) is 31.7 Å². The number of hydrogen-bond donors (Lipinski definition) is 2. The van der Waals surface area contributed by atoms with Gasteiger partial charge >= 0.3 is 0 Å². The van der Waals surface area contributed by atoms with Gasteiger partial charge in [0.1, 0.15) is 0 Å². The van der Waals surface area contributed by atoms with Crippen LogP contribution in [0.1, 0.15) is 20.8 Å². The summed E-state index contributed by atoms with van der Waals surface area (Å²) in [5, 5.41) is 2.90. The molecule has 0 saturated carbocycles. The fourth-order valence-corrected chi connectivity index (χ4v) is 1.32. The Morgan fingerprint density at radius 3 is 2.47 bits per heavy atom. The van der Waals surface area contributed by atoms with E-state index in [9.17, 15) is 4.79 Å². The SMILES string of the molecule is CC(C)(C)CNC(=O)C1COCC1N.Cl. The lowest BCUT2D eigenvalue weighted by Gasteiger charge is -2.21. The van der Waals surface area contributed by atoms with Gasteiger partial charge in [0.2, 0.25) is 5.91 Å². The predicted molar refractivity (Wildman–Crippen MR) is 62.0 cm³/mol. The Morgan fingerprint density at radius 2 is 2.07 bits per heavy atom. The van der Waals surface area contributed by atoms with Gasteiger partial charge in [0.15, 0.2) is 0 Å². The molecule has 0 aliphatic carbocycles. The second-order valence-electron chi connectivity index (χ2n) is 5.09. The van der Waals surface area contributed by atoms with Crippen LogP contribution < -0.4 is 11.1 Å². The van der Waals surface area contributed by atoms with Gasteiger partial charge in [-0.3, -0.25) is 4.79 Å². The highest BCUT2D eigenvalue weighted by molar-refractivity contribution is 5.85. The lowest BCUT2D eigenvalue weighted by molar-refractivity contribution is -0.125. The first-order valence-electron chi connectivity index (χ1n) is 5.01. The molecule has 2 atom stereocenters. The third-order valence-electron chi connectivity index (χ3n) is 2.25. The standard InChI is InChI=1S/C10H20N2O2.ClH/c1-10(2,3)6-12-9(13)7-4-14-5-8(7)11;/h7-8H,4-6,11H2,1-3H3,(H,12,13);1H. The van der Waals surface area contributed by atoms with Gasteiger partial charge in [0.05, 0.1) is 19.1 Å². The summed E-state index contributed by atoms with van der Waals surface area (Å²) < 4.78 is 5.14. The van der Waals surface area contributed by atoms with Gasteiger partial charge in [0.25, 0.3) is 0 Å². The molecule has 1 aliphatic heterocycles. The summed E-state index contributed by atoms with van der Waals surface area (Å²) in [5.74, 6) is -0.151. The van der Waals surface area contributed by atoms with Crippen LogP contribution in [0.4, 0.5) is 0 Å². The van der Waals surface area contributed by atoms with Gasteiger partial charge in [-0.15, -0.1) is 12.4 Å². The van der Waals surface area contributed by atoms with E-state index in [0.29, 0.717) is 19.8 Å². The molecule has 1 rings (SSSR count). The minimum atomic E-state index is -0.169. The highest BCUT2D eigenvalue weighted by Crippen LogP contribution is 2.14. The van der Waals surface area contributed by atoms with E-state index in [1.54, 1.807) is 0 Å². The van der Waals surface area contributed by atoms with Crippen LogP contribution in [0, 0.1) is 11.3 Å². The minimum absolute atomic E-state index is 0. The van der Waals surface area contributed by atoms with Crippen molar-refractivity contribution in [2.24, 2.45) is 17.1 Å². The molecular weight excluding hydrogens is 216 g/mol. The summed E-state index contributed by atoms with van der Waals surface area (Å²) in [6.07, 6.45) is 0. The van der Waals surface area contributed by atoms with Crippen molar-refractivity contribution in [3.63, 3.8) is 0 Å². The zero-order chi connectivity index (χ0) is 10.8. The first kappa shape index (κ1) is 14.7. The molecule has 90 valence electrons. The fourth-order valence-electron chi connectivity index (χ4n) is 1.32. The average Bonchev–Trinajstić information content (AvgIpc) is 2.46. The highest BCUT2D eigenvalue weighted by Gasteiger charge is 2.31. The normalized spacial score (nSPS) is 25.9. The number of hydrogen-bond acceptors (Lipinski definition) is 3. The minimum Gasteiger partial charge on any atom is -0.379 e. The summed E-state index contributed by atoms with van der Waals surface area (Å²) in [6, 6.07) is -0.144. The molecule has 0 spiro atoms. The summed E-state index contributed by atoms with van der Waals surface area (Å²) in [5.41, 5.74) is 5.84. The number of nitrogens with one attached hydrogen (secondary N) is 1.